The summed E-state index contributed by atoms with van der Waals surface area (Å²) in [5.41, 5.74) is 0. The molecular formula is C22H23ClSi. The van der Waals surface area contributed by atoms with Gasteiger partial charge in [0.05, 0.1) is 0 Å². The number of alkyl halides is 1. The molecule has 0 N–H and O–H groups in total. The van der Waals surface area contributed by atoms with Crippen molar-refractivity contribution in [2.24, 2.45) is 0 Å². The number of benzene rings is 3. The monoisotopic (exact) mass is 350 g/mol. The highest BCUT2D eigenvalue weighted by molar-refractivity contribution is 7.11. The molecule has 0 bridgehead atoms. The Labute approximate surface area is 151 Å². The van der Waals surface area contributed by atoms with Gasteiger partial charge in [0.25, 0.3) is 0 Å². The van der Waals surface area contributed by atoms with E-state index in [1.54, 1.807) is 0 Å². The van der Waals surface area contributed by atoms with Crippen LogP contribution in [0.4, 0.5) is 0 Å². The molecule has 0 aliphatic heterocycles. The second-order valence-corrected chi connectivity index (χ2v) is 10.6. The molecule has 0 fully saturated rings. The maximum Gasteiger partial charge on any atom is 0.148 e. The van der Waals surface area contributed by atoms with Crippen LogP contribution in [0.2, 0.25) is 6.04 Å². The third kappa shape index (κ3) is 3.48. The predicted octanol–water partition coefficient (Wildman–Crippen LogP) is 4.18. The van der Waals surface area contributed by atoms with E-state index in [1.165, 1.54) is 21.6 Å². The van der Waals surface area contributed by atoms with E-state index in [4.69, 9.17) is 11.6 Å². The Kier molecular flexibility index (Phi) is 5.89. The third-order valence-corrected chi connectivity index (χ3v) is 10.1. The van der Waals surface area contributed by atoms with Gasteiger partial charge in [-0.1, -0.05) is 97.4 Å². The van der Waals surface area contributed by atoms with Crippen LogP contribution in [-0.4, -0.2) is 14.0 Å². The van der Waals surface area contributed by atoms with Crippen LogP contribution in [0, 0.1) is 0 Å². The Balaban J connectivity index is 2.20. The van der Waals surface area contributed by atoms with Gasteiger partial charge < -0.3 is 0 Å². The van der Waals surface area contributed by atoms with Crippen molar-refractivity contribution in [3.63, 3.8) is 0 Å². The maximum absolute atomic E-state index is 5.98. The highest BCUT2D eigenvalue weighted by Gasteiger charge is 2.38. The van der Waals surface area contributed by atoms with Crippen LogP contribution in [0.5, 0.6) is 0 Å². The van der Waals surface area contributed by atoms with E-state index < -0.39 is 8.07 Å². The van der Waals surface area contributed by atoms with Crippen LogP contribution < -0.4 is 15.6 Å². The Morgan fingerprint density at radius 2 is 0.917 bits per heavy atom. The first-order chi connectivity index (χ1) is 11.9. The SMILES string of the molecule is ClCCCC[Si](c1ccccc1)(c1ccccc1)c1ccccc1. The molecule has 2 heteroatoms. The lowest BCUT2D eigenvalue weighted by Crippen LogP contribution is -2.66. The molecule has 0 unspecified atom stereocenters. The van der Waals surface area contributed by atoms with Gasteiger partial charge in [-0.3, -0.25) is 0 Å². The van der Waals surface area contributed by atoms with Crippen LogP contribution in [0.1, 0.15) is 12.8 Å². The fourth-order valence-corrected chi connectivity index (χ4v) is 8.71. The van der Waals surface area contributed by atoms with E-state index in [0.717, 1.165) is 18.7 Å². The predicted molar refractivity (Wildman–Crippen MR) is 109 cm³/mol. The van der Waals surface area contributed by atoms with E-state index in [-0.39, 0.29) is 0 Å². The van der Waals surface area contributed by atoms with Gasteiger partial charge in [0.1, 0.15) is 8.07 Å². The quantitative estimate of drug-likeness (QED) is 0.259. The Hall–Kier alpha value is -1.83. The molecule has 0 atom stereocenters. The lowest BCUT2D eigenvalue weighted by Gasteiger charge is -2.34. The number of hydrogen-bond donors (Lipinski definition) is 0. The summed E-state index contributed by atoms with van der Waals surface area (Å²) >= 11 is 5.98. The smallest absolute Gasteiger partial charge is 0.127 e. The van der Waals surface area contributed by atoms with Crippen LogP contribution >= 0.6 is 11.6 Å². The molecule has 0 aromatic heterocycles. The minimum atomic E-state index is -2.02. The normalized spacial score (nSPS) is 11.4. The third-order valence-electron chi connectivity index (χ3n) is 4.74. The molecule has 122 valence electrons. The van der Waals surface area contributed by atoms with E-state index in [2.05, 4.69) is 91.0 Å². The van der Waals surface area contributed by atoms with E-state index in [0.29, 0.717) is 0 Å². The van der Waals surface area contributed by atoms with Gasteiger partial charge in [-0.25, -0.2) is 0 Å². The molecule has 0 aliphatic carbocycles. The van der Waals surface area contributed by atoms with Crippen LogP contribution in [0.15, 0.2) is 91.0 Å². The van der Waals surface area contributed by atoms with Crippen molar-refractivity contribution in [3.8, 4) is 0 Å². The highest BCUT2D eigenvalue weighted by atomic mass is 35.5. The molecule has 3 aromatic rings. The zero-order chi connectivity index (χ0) is 16.7. The van der Waals surface area contributed by atoms with Crippen molar-refractivity contribution < 1.29 is 0 Å². The molecule has 0 saturated carbocycles. The number of halogens is 1. The molecule has 0 aliphatic rings. The van der Waals surface area contributed by atoms with Crippen molar-refractivity contribution in [2.45, 2.75) is 18.9 Å². The van der Waals surface area contributed by atoms with Crippen LogP contribution in [0.3, 0.4) is 0 Å². The summed E-state index contributed by atoms with van der Waals surface area (Å²) in [4.78, 5) is 0. The lowest BCUT2D eigenvalue weighted by molar-refractivity contribution is 0.880. The topological polar surface area (TPSA) is 0 Å². The summed E-state index contributed by atoms with van der Waals surface area (Å²) in [6.07, 6.45) is 2.23. The minimum Gasteiger partial charge on any atom is -0.127 e. The average molecular weight is 351 g/mol. The van der Waals surface area contributed by atoms with E-state index >= 15 is 0 Å². The zero-order valence-electron chi connectivity index (χ0n) is 13.9. The van der Waals surface area contributed by atoms with Gasteiger partial charge in [0, 0.05) is 5.88 Å². The summed E-state index contributed by atoms with van der Waals surface area (Å²) in [7, 11) is -2.02. The molecule has 0 saturated heterocycles. The molecule has 0 spiro atoms. The molecule has 0 radical (unpaired) electrons. The van der Waals surface area contributed by atoms with Gasteiger partial charge in [0.15, 0.2) is 0 Å². The zero-order valence-corrected chi connectivity index (χ0v) is 15.6. The van der Waals surface area contributed by atoms with Gasteiger partial charge in [0.2, 0.25) is 0 Å². The van der Waals surface area contributed by atoms with E-state index in [9.17, 15) is 0 Å². The van der Waals surface area contributed by atoms with Crippen LogP contribution in [-0.2, 0) is 0 Å². The molecular weight excluding hydrogens is 328 g/mol. The van der Waals surface area contributed by atoms with Crippen molar-refractivity contribution >= 4 is 35.2 Å². The van der Waals surface area contributed by atoms with Gasteiger partial charge >= 0.3 is 0 Å². The van der Waals surface area contributed by atoms with Gasteiger partial charge in [-0.2, -0.15) is 0 Å². The summed E-state index contributed by atoms with van der Waals surface area (Å²) in [6.45, 7) is 0. The minimum absolute atomic E-state index is 0.739. The molecule has 0 nitrogen and oxygen atoms in total. The first-order valence-corrected chi connectivity index (χ1v) is 11.3. The number of unbranched alkanes of at least 4 members (excludes halogenated alkanes) is 1. The number of rotatable bonds is 7. The van der Waals surface area contributed by atoms with Crippen molar-refractivity contribution in [3.05, 3.63) is 91.0 Å². The average Bonchev–Trinajstić information content (AvgIpc) is 2.68. The fourth-order valence-electron chi connectivity index (χ4n) is 3.59. The Morgan fingerprint density at radius 3 is 1.25 bits per heavy atom. The van der Waals surface area contributed by atoms with Gasteiger partial charge in [-0.15, -0.1) is 11.6 Å². The van der Waals surface area contributed by atoms with Crippen LogP contribution in [0.25, 0.3) is 0 Å². The standard InChI is InChI=1S/C22H23ClSi/c23-18-10-11-19-24(20-12-4-1-5-13-20,21-14-6-2-7-15-21)22-16-8-3-9-17-22/h1-9,12-17H,10-11,18-19H2. The van der Waals surface area contributed by atoms with E-state index in [1.807, 2.05) is 0 Å². The molecule has 0 amide bonds. The summed E-state index contributed by atoms with van der Waals surface area (Å²) in [5.74, 6) is 0.739. The second-order valence-electron chi connectivity index (χ2n) is 6.15. The maximum atomic E-state index is 5.98. The Morgan fingerprint density at radius 1 is 0.542 bits per heavy atom. The lowest BCUT2D eigenvalue weighted by atomic mass is 10.3. The number of hydrogen-bond acceptors (Lipinski definition) is 0. The molecule has 0 heterocycles. The Bertz CT molecular complexity index is 629. The first kappa shape index (κ1) is 17.0. The fraction of sp³-hybridized carbons (Fsp3) is 0.182. The second kappa shape index (κ2) is 8.32. The molecule has 3 rings (SSSR count). The molecule has 24 heavy (non-hydrogen) atoms. The summed E-state index contributed by atoms with van der Waals surface area (Å²) < 4.78 is 0. The van der Waals surface area contributed by atoms with Crippen molar-refractivity contribution in [1.82, 2.24) is 0 Å². The first-order valence-electron chi connectivity index (χ1n) is 8.60. The largest absolute Gasteiger partial charge is 0.148 e. The molecule has 3 aromatic carbocycles. The van der Waals surface area contributed by atoms with Crippen molar-refractivity contribution in [2.75, 3.05) is 5.88 Å². The highest BCUT2D eigenvalue weighted by Crippen LogP contribution is 2.16. The van der Waals surface area contributed by atoms with Gasteiger partial charge in [-0.05, 0) is 28.0 Å². The summed E-state index contributed by atoms with van der Waals surface area (Å²) in [6, 6.07) is 34.4. The summed E-state index contributed by atoms with van der Waals surface area (Å²) in [5, 5.41) is 4.45. The van der Waals surface area contributed by atoms with Crippen molar-refractivity contribution in [1.29, 1.82) is 0 Å².